The predicted octanol–water partition coefficient (Wildman–Crippen LogP) is 2.79. The quantitative estimate of drug-likeness (QED) is 0.438. The van der Waals surface area contributed by atoms with E-state index in [2.05, 4.69) is 10.3 Å². The average Bonchev–Trinajstić information content (AvgIpc) is 3.36. The Morgan fingerprint density at radius 2 is 1.81 bits per heavy atom. The van der Waals surface area contributed by atoms with Crippen LogP contribution in [0.15, 0.2) is 66.2 Å². The lowest BCUT2D eigenvalue weighted by atomic mass is 10.0. The number of nitrogens with zero attached hydrogens (tertiary/aromatic N) is 2. The summed E-state index contributed by atoms with van der Waals surface area (Å²) in [6, 6.07) is 15.9. The first kappa shape index (κ1) is 20.5. The van der Waals surface area contributed by atoms with Gasteiger partial charge in [0.2, 0.25) is 5.78 Å². The van der Waals surface area contributed by atoms with Crippen LogP contribution in [0.1, 0.15) is 21.9 Å². The van der Waals surface area contributed by atoms with E-state index in [-0.39, 0.29) is 12.1 Å². The maximum atomic E-state index is 13.2. The number of aromatic nitrogens is 2. The molecule has 2 amide bonds. The van der Waals surface area contributed by atoms with E-state index in [0.29, 0.717) is 5.82 Å². The van der Waals surface area contributed by atoms with Crippen molar-refractivity contribution in [2.45, 2.75) is 19.4 Å². The molecule has 0 spiro atoms. The third-order valence-electron chi connectivity index (χ3n) is 5.02. The van der Waals surface area contributed by atoms with Crippen molar-refractivity contribution >= 4 is 39.0 Å². The maximum Gasteiger partial charge on any atom is 0.287 e. The Morgan fingerprint density at radius 3 is 2.55 bits per heavy atom. The van der Waals surface area contributed by atoms with Gasteiger partial charge < -0.3 is 11.1 Å². The standard InChI is InChI=1S/C23H20N4O3S/c1-14-25-12-18(27(14)19-13-31-20-10-6-5-9-16(19)20)23(30)26-17(21(28)22(24)29)11-15-7-3-2-4-8-15/h2-10,12-13,17H,11H2,1H3,(H2,24,29)(H,26,30). The van der Waals surface area contributed by atoms with Gasteiger partial charge in [0.1, 0.15) is 17.6 Å². The number of amides is 2. The largest absolute Gasteiger partial charge is 0.363 e. The Morgan fingerprint density at radius 1 is 1.10 bits per heavy atom. The number of thiophene rings is 1. The van der Waals surface area contributed by atoms with Crippen molar-refractivity contribution in [1.82, 2.24) is 14.9 Å². The van der Waals surface area contributed by atoms with Crippen molar-refractivity contribution in [2.24, 2.45) is 5.73 Å². The molecule has 0 aliphatic heterocycles. The second-order valence-electron chi connectivity index (χ2n) is 7.09. The summed E-state index contributed by atoms with van der Waals surface area (Å²) in [7, 11) is 0. The highest BCUT2D eigenvalue weighted by Crippen LogP contribution is 2.30. The number of fused-ring (bicyclic) bond motifs is 1. The smallest absolute Gasteiger partial charge is 0.287 e. The van der Waals surface area contributed by atoms with Gasteiger partial charge in [-0.15, -0.1) is 11.3 Å². The molecule has 2 aromatic carbocycles. The molecule has 7 nitrogen and oxygen atoms in total. The van der Waals surface area contributed by atoms with Gasteiger partial charge in [0.15, 0.2) is 0 Å². The SMILES string of the molecule is Cc1ncc(C(=O)NC(Cc2ccccc2)C(=O)C(N)=O)n1-c1csc2ccccc12. The van der Waals surface area contributed by atoms with Crippen LogP contribution in [0.5, 0.6) is 0 Å². The fourth-order valence-electron chi connectivity index (χ4n) is 3.51. The third-order valence-corrected chi connectivity index (χ3v) is 5.97. The first-order valence-corrected chi connectivity index (χ1v) is 10.5. The molecule has 4 rings (SSSR count). The van der Waals surface area contributed by atoms with Gasteiger partial charge in [-0.05, 0) is 18.6 Å². The van der Waals surface area contributed by atoms with Crippen LogP contribution in [0.4, 0.5) is 0 Å². The summed E-state index contributed by atoms with van der Waals surface area (Å²) in [5, 5.41) is 5.64. The first-order valence-electron chi connectivity index (χ1n) is 9.65. The number of nitrogens with one attached hydrogen (secondary N) is 1. The van der Waals surface area contributed by atoms with Gasteiger partial charge in [-0.3, -0.25) is 19.0 Å². The zero-order valence-electron chi connectivity index (χ0n) is 16.7. The zero-order valence-corrected chi connectivity index (χ0v) is 17.6. The molecule has 31 heavy (non-hydrogen) atoms. The normalized spacial score (nSPS) is 11.9. The summed E-state index contributed by atoms with van der Waals surface area (Å²) in [6.45, 7) is 1.80. The van der Waals surface area contributed by atoms with Gasteiger partial charge in [-0.25, -0.2) is 4.98 Å². The lowest BCUT2D eigenvalue weighted by Crippen LogP contribution is -2.47. The van der Waals surface area contributed by atoms with Gasteiger partial charge in [0.25, 0.3) is 11.8 Å². The van der Waals surface area contributed by atoms with E-state index in [4.69, 9.17) is 5.73 Å². The Hall–Kier alpha value is -3.78. The van der Waals surface area contributed by atoms with Crippen LogP contribution < -0.4 is 11.1 Å². The second-order valence-corrected chi connectivity index (χ2v) is 8.00. The summed E-state index contributed by atoms with van der Waals surface area (Å²) < 4.78 is 2.84. The van der Waals surface area contributed by atoms with Gasteiger partial charge in [0.05, 0.1) is 11.9 Å². The summed E-state index contributed by atoms with van der Waals surface area (Å²) >= 11 is 1.57. The first-order chi connectivity index (χ1) is 15.0. The molecule has 0 saturated carbocycles. The van der Waals surface area contributed by atoms with Crippen molar-refractivity contribution in [2.75, 3.05) is 0 Å². The lowest BCUT2D eigenvalue weighted by molar-refractivity contribution is -0.137. The highest BCUT2D eigenvalue weighted by Gasteiger charge is 2.28. The van der Waals surface area contributed by atoms with E-state index in [1.54, 1.807) is 22.8 Å². The number of hydrogen-bond donors (Lipinski definition) is 2. The van der Waals surface area contributed by atoms with Gasteiger partial charge in [0, 0.05) is 21.9 Å². The van der Waals surface area contributed by atoms with Crippen LogP contribution >= 0.6 is 11.3 Å². The molecule has 0 aliphatic carbocycles. The molecule has 2 aromatic heterocycles. The molecule has 8 heteroatoms. The van der Waals surface area contributed by atoms with Crippen molar-refractivity contribution in [3.05, 3.63) is 83.3 Å². The number of Topliss-reactive ketones (excluding diaryl/α,β-unsaturated/α-hetero) is 1. The van der Waals surface area contributed by atoms with E-state index in [9.17, 15) is 14.4 Å². The average molecular weight is 433 g/mol. The molecule has 1 unspecified atom stereocenters. The highest BCUT2D eigenvalue weighted by atomic mass is 32.1. The summed E-state index contributed by atoms with van der Waals surface area (Å²) in [5.41, 5.74) is 7.13. The fraction of sp³-hybridized carbons (Fsp3) is 0.130. The number of primary amides is 1. The number of carbonyl (C=O) groups excluding carboxylic acids is 3. The van der Waals surface area contributed by atoms with Crippen molar-refractivity contribution < 1.29 is 14.4 Å². The number of aryl methyl sites for hydroxylation is 1. The zero-order chi connectivity index (χ0) is 22.0. The van der Waals surface area contributed by atoms with Crippen molar-refractivity contribution in [1.29, 1.82) is 0 Å². The molecule has 1 atom stereocenters. The minimum absolute atomic E-state index is 0.156. The van der Waals surface area contributed by atoms with Crippen LogP contribution in [-0.2, 0) is 16.0 Å². The maximum absolute atomic E-state index is 13.2. The second kappa shape index (κ2) is 8.53. The molecule has 156 valence electrons. The van der Waals surface area contributed by atoms with Gasteiger partial charge in [-0.1, -0.05) is 48.5 Å². The van der Waals surface area contributed by atoms with Crippen LogP contribution in [-0.4, -0.2) is 33.2 Å². The summed E-state index contributed by atoms with van der Waals surface area (Å²) in [6.07, 6.45) is 1.62. The molecular weight excluding hydrogens is 412 g/mol. The Bertz CT molecular complexity index is 1280. The highest BCUT2D eigenvalue weighted by molar-refractivity contribution is 7.17. The Kier molecular flexibility index (Phi) is 5.64. The molecule has 0 aliphatic rings. The minimum atomic E-state index is -1.09. The van der Waals surface area contributed by atoms with Crippen molar-refractivity contribution in [3.8, 4) is 5.69 Å². The Labute approximate surface area is 182 Å². The number of ketones is 1. The van der Waals surface area contributed by atoms with Gasteiger partial charge in [-0.2, -0.15) is 0 Å². The van der Waals surface area contributed by atoms with Crippen LogP contribution in [0.3, 0.4) is 0 Å². The minimum Gasteiger partial charge on any atom is -0.363 e. The Balaban J connectivity index is 1.67. The number of nitrogens with two attached hydrogens (primary N) is 1. The summed E-state index contributed by atoms with van der Waals surface area (Å²) in [5.74, 6) is -1.81. The number of rotatable bonds is 7. The summed E-state index contributed by atoms with van der Waals surface area (Å²) in [4.78, 5) is 41.4. The number of hydrogen-bond acceptors (Lipinski definition) is 5. The molecule has 0 radical (unpaired) electrons. The molecule has 0 bridgehead atoms. The van der Waals surface area contributed by atoms with E-state index >= 15 is 0 Å². The molecule has 2 heterocycles. The van der Waals surface area contributed by atoms with Crippen LogP contribution in [0, 0.1) is 6.92 Å². The number of carbonyl (C=O) groups is 3. The molecule has 4 aromatic rings. The molecule has 0 saturated heterocycles. The van der Waals surface area contributed by atoms with E-state index in [1.165, 1.54) is 6.20 Å². The number of benzene rings is 2. The van der Waals surface area contributed by atoms with E-state index in [0.717, 1.165) is 21.3 Å². The van der Waals surface area contributed by atoms with Crippen LogP contribution in [0.25, 0.3) is 15.8 Å². The van der Waals surface area contributed by atoms with Crippen molar-refractivity contribution in [3.63, 3.8) is 0 Å². The molecule has 0 fully saturated rings. The fourth-order valence-corrected chi connectivity index (χ4v) is 4.44. The predicted molar refractivity (Wildman–Crippen MR) is 119 cm³/mol. The monoisotopic (exact) mass is 432 g/mol. The molecular formula is C23H20N4O3S. The van der Waals surface area contributed by atoms with Crippen LogP contribution in [0.2, 0.25) is 0 Å². The lowest BCUT2D eigenvalue weighted by Gasteiger charge is -2.17. The number of imidazole rings is 1. The van der Waals surface area contributed by atoms with E-state index in [1.807, 2.05) is 60.0 Å². The topological polar surface area (TPSA) is 107 Å². The third kappa shape index (κ3) is 4.10. The van der Waals surface area contributed by atoms with E-state index < -0.39 is 23.6 Å². The van der Waals surface area contributed by atoms with Gasteiger partial charge >= 0.3 is 0 Å². The molecule has 3 N–H and O–H groups in total.